The lowest BCUT2D eigenvalue weighted by molar-refractivity contribution is -0.377. The van der Waals surface area contributed by atoms with Gasteiger partial charge in [0.15, 0.2) is 18.2 Å². The minimum atomic E-state index is 0.0798. The highest BCUT2D eigenvalue weighted by molar-refractivity contribution is 7.17. The van der Waals surface area contributed by atoms with Gasteiger partial charge in [-0.05, 0) is 13.0 Å². The number of nitrogens with one attached hydrogen (secondary N) is 1. The molecule has 1 N–H and O–H groups in total. The van der Waals surface area contributed by atoms with Crippen LogP contribution in [-0.2, 0) is 0 Å². The van der Waals surface area contributed by atoms with Gasteiger partial charge in [0, 0.05) is 13.0 Å². The van der Waals surface area contributed by atoms with Crippen molar-refractivity contribution < 1.29 is 9.78 Å². The molecule has 2 heterocycles. The molecule has 2 rings (SSSR count). The van der Waals surface area contributed by atoms with Crippen LogP contribution in [0.25, 0.3) is 10.6 Å². The lowest BCUT2D eigenvalue weighted by Crippen LogP contribution is -1.97. The van der Waals surface area contributed by atoms with E-state index in [1.165, 1.54) is 11.3 Å². The summed E-state index contributed by atoms with van der Waals surface area (Å²) in [6.07, 6.45) is 3.72. The number of H-pyrrole nitrogens is 1. The van der Waals surface area contributed by atoms with Gasteiger partial charge in [0.1, 0.15) is 5.01 Å². The van der Waals surface area contributed by atoms with Gasteiger partial charge in [0.25, 0.3) is 0 Å². The van der Waals surface area contributed by atoms with E-state index in [0.29, 0.717) is 0 Å². The Bertz CT molecular complexity index is 491. The number of Topliss-reactive ketones (excluding diaryl/α,β-unsaturated/α-hetero) is 1. The zero-order valence-corrected chi connectivity index (χ0v) is 9.39. The summed E-state index contributed by atoms with van der Waals surface area (Å²) in [5, 5.41) is 0.884. The molecule has 76 valence electrons. The molecule has 0 aliphatic heterocycles. The van der Waals surface area contributed by atoms with Crippen molar-refractivity contribution in [2.45, 2.75) is 13.8 Å². The fourth-order valence-corrected chi connectivity index (χ4v) is 2.33. The van der Waals surface area contributed by atoms with Gasteiger partial charge in [-0.2, -0.15) is 0 Å². The number of hydrogen-bond acceptors (Lipinski definition) is 3. The Morgan fingerprint density at radius 2 is 2.33 bits per heavy atom. The number of carbonyl (C=O) groups excluding carboxylic acids is 1. The molecule has 0 saturated heterocycles. The second-order valence-corrected chi connectivity index (χ2v) is 4.28. The van der Waals surface area contributed by atoms with Gasteiger partial charge in [0.2, 0.25) is 0 Å². The molecule has 0 spiro atoms. The van der Waals surface area contributed by atoms with Crippen LogP contribution in [0.5, 0.6) is 0 Å². The van der Waals surface area contributed by atoms with Gasteiger partial charge in [0.05, 0.1) is 16.1 Å². The molecule has 0 radical (unpaired) electrons. The SMILES string of the molecule is CC(=O)c1sc(-c2ccc[nH+]c2)nc1C. The Hall–Kier alpha value is -1.55. The Morgan fingerprint density at radius 3 is 2.87 bits per heavy atom. The van der Waals surface area contributed by atoms with E-state index >= 15 is 0 Å². The van der Waals surface area contributed by atoms with Crippen LogP contribution in [0.2, 0.25) is 0 Å². The predicted octanol–water partition coefficient (Wildman–Crippen LogP) is 2.14. The molecule has 0 amide bonds. The monoisotopic (exact) mass is 219 g/mol. The molecule has 0 saturated carbocycles. The van der Waals surface area contributed by atoms with Crippen LogP contribution in [0.15, 0.2) is 24.5 Å². The van der Waals surface area contributed by atoms with Gasteiger partial charge < -0.3 is 0 Å². The van der Waals surface area contributed by atoms with Crippen LogP contribution in [-0.4, -0.2) is 10.8 Å². The Morgan fingerprint density at radius 1 is 1.53 bits per heavy atom. The van der Waals surface area contributed by atoms with Crippen molar-refractivity contribution in [2.24, 2.45) is 0 Å². The first kappa shape index (κ1) is 9.98. The van der Waals surface area contributed by atoms with Crippen LogP contribution in [0.1, 0.15) is 22.3 Å². The smallest absolute Gasteiger partial charge is 0.177 e. The van der Waals surface area contributed by atoms with Crippen LogP contribution < -0.4 is 4.98 Å². The quantitative estimate of drug-likeness (QED) is 0.726. The lowest BCUT2D eigenvalue weighted by Gasteiger charge is -1.88. The average Bonchev–Trinajstić information content (AvgIpc) is 2.62. The Labute approximate surface area is 91.8 Å². The number of aromatic nitrogens is 2. The van der Waals surface area contributed by atoms with E-state index in [2.05, 4.69) is 9.97 Å². The molecule has 0 aliphatic rings. The highest BCUT2D eigenvalue weighted by Gasteiger charge is 2.13. The summed E-state index contributed by atoms with van der Waals surface area (Å²) in [6, 6.07) is 3.89. The third-order valence-electron chi connectivity index (χ3n) is 2.07. The molecule has 0 aliphatic carbocycles. The summed E-state index contributed by atoms with van der Waals surface area (Å²) in [5.41, 5.74) is 1.82. The lowest BCUT2D eigenvalue weighted by atomic mass is 10.3. The average molecular weight is 219 g/mol. The minimum absolute atomic E-state index is 0.0798. The van der Waals surface area contributed by atoms with E-state index < -0.39 is 0 Å². The first-order chi connectivity index (χ1) is 7.18. The molecule has 4 heteroatoms. The maximum Gasteiger partial charge on any atom is 0.177 e. The summed E-state index contributed by atoms with van der Waals surface area (Å²) in [5.74, 6) is 0.0798. The third-order valence-corrected chi connectivity index (χ3v) is 3.38. The summed E-state index contributed by atoms with van der Waals surface area (Å²) in [6.45, 7) is 3.44. The number of aryl methyl sites for hydroxylation is 1. The largest absolute Gasteiger partial charge is 0.294 e. The van der Waals surface area contributed by atoms with Gasteiger partial charge in [-0.15, -0.1) is 11.3 Å². The number of nitrogens with zero attached hydrogens (tertiary/aromatic N) is 1. The number of pyridine rings is 1. The van der Waals surface area contributed by atoms with E-state index in [1.807, 2.05) is 31.5 Å². The first-order valence-electron chi connectivity index (χ1n) is 4.63. The maximum atomic E-state index is 11.3. The van der Waals surface area contributed by atoms with E-state index in [1.54, 1.807) is 6.92 Å². The van der Waals surface area contributed by atoms with Gasteiger partial charge in [-0.3, -0.25) is 4.79 Å². The molecule has 2 aromatic rings. The zero-order valence-electron chi connectivity index (χ0n) is 8.57. The number of rotatable bonds is 2. The Kier molecular flexibility index (Phi) is 2.60. The third kappa shape index (κ3) is 1.94. The van der Waals surface area contributed by atoms with E-state index in [9.17, 15) is 4.79 Å². The van der Waals surface area contributed by atoms with Crippen LogP contribution in [0.3, 0.4) is 0 Å². The van der Waals surface area contributed by atoms with Crippen molar-refractivity contribution in [1.82, 2.24) is 4.98 Å². The molecule has 0 unspecified atom stereocenters. The summed E-state index contributed by atoms with van der Waals surface area (Å²) in [4.78, 5) is 19.4. The molecular weight excluding hydrogens is 208 g/mol. The zero-order chi connectivity index (χ0) is 10.8. The fraction of sp³-hybridized carbons (Fsp3) is 0.182. The normalized spacial score (nSPS) is 10.3. The standard InChI is InChI=1S/C11H10N2OS/c1-7-10(8(2)14)15-11(13-7)9-4-3-5-12-6-9/h3-6H,1-2H3/p+1. The van der Waals surface area contributed by atoms with Crippen LogP contribution >= 0.6 is 11.3 Å². The van der Waals surface area contributed by atoms with Crippen molar-refractivity contribution >= 4 is 17.1 Å². The molecule has 15 heavy (non-hydrogen) atoms. The van der Waals surface area contributed by atoms with Crippen molar-refractivity contribution in [3.8, 4) is 10.6 Å². The van der Waals surface area contributed by atoms with E-state index in [4.69, 9.17) is 0 Å². The van der Waals surface area contributed by atoms with Gasteiger partial charge in [-0.25, -0.2) is 9.97 Å². The highest BCUT2D eigenvalue weighted by Crippen LogP contribution is 2.26. The number of hydrogen-bond donors (Lipinski definition) is 0. The highest BCUT2D eigenvalue weighted by atomic mass is 32.1. The maximum absolute atomic E-state index is 11.3. The Balaban J connectivity index is 2.48. The van der Waals surface area contributed by atoms with Crippen molar-refractivity contribution in [3.05, 3.63) is 35.1 Å². The molecule has 0 fully saturated rings. The topological polar surface area (TPSA) is 44.1 Å². The molecular formula is C11H11N2OS+. The van der Waals surface area contributed by atoms with Gasteiger partial charge in [-0.1, -0.05) is 0 Å². The van der Waals surface area contributed by atoms with Gasteiger partial charge >= 0.3 is 0 Å². The molecule has 2 aromatic heterocycles. The van der Waals surface area contributed by atoms with Crippen molar-refractivity contribution in [3.63, 3.8) is 0 Å². The molecule has 0 bridgehead atoms. The second kappa shape index (κ2) is 3.90. The molecule has 0 atom stereocenters. The van der Waals surface area contributed by atoms with Crippen molar-refractivity contribution in [1.29, 1.82) is 0 Å². The minimum Gasteiger partial charge on any atom is -0.294 e. The second-order valence-electron chi connectivity index (χ2n) is 3.28. The van der Waals surface area contributed by atoms with E-state index in [0.717, 1.165) is 21.1 Å². The van der Waals surface area contributed by atoms with Crippen LogP contribution in [0, 0.1) is 6.92 Å². The first-order valence-corrected chi connectivity index (χ1v) is 5.45. The summed E-state index contributed by atoms with van der Waals surface area (Å²) in [7, 11) is 0. The number of carbonyl (C=O) groups is 1. The summed E-state index contributed by atoms with van der Waals surface area (Å²) >= 11 is 1.44. The van der Waals surface area contributed by atoms with Crippen LogP contribution in [0.4, 0.5) is 0 Å². The molecule has 3 nitrogen and oxygen atoms in total. The number of thiazole rings is 1. The number of aromatic amines is 1. The van der Waals surface area contributed by atoms with Crippen molar-refractivity contribution in [2.75, 3.05) is 0 Å². The number of ketones is 1. The predicted molar refractivity (Wildman–Crippen MR) is 58.8 cm³/mol. The fourth-order valence-electron chi connectivity index (χ4n) is 1.37. The summed E-state index contributed by atoms with van der Waals surface area (Å²) < 4.78 is 0. The molecule has 0 aromatic carbocycles. The van der Waals surface area contributed by atoms with E-state index in [-0.39, 0.29) is 5.78 Å².